The summed E-state index contributed by atoms with van der Waals surface area (Å²) in [6.45, 7) is 4.28. The number of hydrogen-bond acceptors (Lipinski definition) is 5. The van der Waals surface area contributed by atoms with Crippen LogP contribution < -0.4 is 13.9 Å². The van der Waals surface area contributed by atoms with Gasteiger partial charge in [0.25, 0.3) is 5.91 Å². The lowest BCUT2D eigenvalue weighted by Crippen LogP contribution is -2.56. The van der Waals surface area contributed by atoms with Crippen molar-refractivity contribution in [1.29, 1.82) is 0 Å². The Morgan fingerprint density at radius 1 is 1.00 bits per heavy atom. The maximum atomic E-state index is 13.2. The van der Waals surface area contributed by atoms with E-state index in [1.165, 1.54) is 10.4 Å². The highest BCUT2D eigenvalue weighted by Crippen LogP contribution is 2.37. The van der Waals surface area contributed by atoms with Gasteiger partial charge in [-0.15, -0.1) is 0 Å². The summed E-state index contributed by atoms with van der Waals surface area (Å²) in [7, 11) is -3.60. The molecule has 2 heterocycles. The van der Waals surface area contributed by atoms with Gasteiger partial charge in [-0.1, -0.05) is 29.3 Å². The molecule has 4 rings (SSSR count). The van der Waals surface area contributed by atoms with Gasteiger partial charge in [-0.05, 0) is 42.8 Å². The Labute approximate surface area is 192 Å². The third kappa shape index (κ3) is 4.56. The Morgan fingerprint density at radius 3 is 2.26 bits per heavy atom. The second-order valence-corrected chi connectivity index (χ2v) is 10.5. The smallest absolute Gasteiger partial charge is 0.265 e. The molecule has 10 heteroatoms. The molecule has 2 aromatic rings. The number of fused-ring (bicyclic) bond motifs is 1. The van der Waals surface area contributed by atoms with Gasteiger partial charge in [0.2, 0.25) is 10.0 Å². The van der Waals surface area contributed by atoms with Crippen molar-refractivity contribution in [2.75, 3.05) is 48.2 Å². The lowest BCUT2D eigenvalue weighted by atomic mass is 10.1. The average Bonchev–Trinajstić information content (AvgIpc) is 2.73. The van der Waals surface area contributed by atoms with Crippen LogP contribution in [0.4, 0.5) is 11.4 Å². The number of nitrogens with zero attached hydrogens (tertiary/aromatic N) is 3. The minimum atomic E-state index is -3.60. The Balaban J connectivity index is 1.49. The average molecular weight is 484 g/mol. The van der Waals surface area contributed by atoms with Gasteiger partial charge in [-0.25, -0.2) is 8.42 Å². The third-order valence-electron chi connectivity index (χ3n) is 5.57. The molecule has 0 aliphatic carbocycles. The highest BCUT2D eigenvalue weighted by atomic mass is 35.5. The molecule has 1 saturated heterocycles. The molecule has 2 aliphatic rings. The van der Waals surface area contributed by atoms with Crippen molar-refractivity contribution in [1.82, 2.24) is 4.90 Å². The standard InChI is InChI=1S/C21H23Cl2N3O4S/c1-14-3-4-15(22)11-17(14)24-7-9-25(10-8-24)21(27)20-13-26(31(2,28)29)18-12-16(23)5-6-19(18)30-20/h3-6,11-12,20H,7-10,13H2,1-2H3/t20-/m1/s1. The fraction of sp³-hybridized carbons (Fsp3) is 0.381. The summed E-state index contributed by atoms with van der Waals surface area (Å²) >= 11 is 12.2. The molecule has 0 bridgehead atoms. The van der Waals surface area contributed by atoms with Crippen molar-refractivity contribution < 1.29 is 17.9 Å². The maximum Gasteiger partial charge on any atom is 0.265 e. The maximum absolute atomic E-state index is 13.2. The number of aryl methyl sites for hydroxylation is 1. The molecule has 1 fully saturated rings. The molecule has 31 heavy (non-hydrogen) atoms. The van der Waals surface area contributed by atoms with Crippen molar-refractivity contribution in [3.8, 4) is 5.75 Å². The van der Waals surface area contributed by atoms with Crippen LogP contribution in [0.3, 0.4) is 0 Å². The van der Waals surface area contributed by atoms with Gasteiger partial charge in [0.05, 0.1) is 18.5 Å². The van der Waals surface area contributed by atoms with Gasteiger partial charge in [-0.2, -0.15) is 0 Å². The van der Waals surface area contributed by atoms with Gasteiger partial charge >= 0.3 is 0 Å². The zero-order valence-electron chi connectivity index (χ0n) is 17.2. The summed E-state index contributed by atoms with van der Waals surface area (Å²) in [5, 5.41) is 1.07. The number of carbonyl (C=O) groups excluding carboxylic acids is 1. The molecule has 2 aromatic carbocycles. The molecule has 0 N–H and O–H groups in total. The third-order valence-corrected chi connectivity index (χ3v) is 7.19. The number of sulfonamides is 1. The molecule has 0 spiro atoms. The first-order valence-corrected chi connectivity index (χ1v) is 12.5. The lowest BCUT2D eigenvalue weighted by molar-refractivity contribution is -0.138. The molecule has 166 valence electrons. The molecule has 7 nitrogen and oxygen atoms in total. The minimum absolute atomic E-state index is 0.0847. The Morgan fingerprint density at radius 2 is 1.61 bits per heavy atom. The SMILES string of the molecule is Cc1ccc(Cl)cc1N1CCN(C(=O)[C@H]2CN(S(C)(=O)=O)c3cc(Cl)ccc3O2)CC1. The summed E-state index contributed by atoms with van der Waals surface area (Å²) < 4.78 is 31.8. The van der Waals surface area contributed by atoms with E-state index >= 15 is 0 Å². The zero-order chi connectivity index (χ0) is 22.3. The number of anilines is 2. The Kier molecular flexibility index (Phi) is 5.98. The van der Waals surface area contributed by atoms with E-state index in [1.54, 1.807) is 17.0 Å². The van der Waals surface area contributed by atoms with Crippen LogP contribution in [0.5, 0.6) is 5.75 Å². The van der Waals surface area contributed by atoms with E-state index in [0.29, 0.717) is 47.7 Å². The number of benzene rings is 2. The lowest BCUT2D eigenvalue weighted by Gasteiger charge is -2.40. The monoisotopic (exact) mass is 483 g/mol. The van der Waals surface area contributed by atoms with Crippen LogP contribution in [0.1, 0.15) is 5.56 Å². The van der Waals surface area contributed by atoms with Gasteiger partial charge in [0, 0.05) is 41.9 Å². The molecule has 1 atom stereocenters. The normalized spacial score (nSPS) is 19.1. The quantitative estimate of drug-likeness (QED) is 0.670. The van der Waals surface area contributed by atoms with Crippen molar-refractivity contribution >= 4 is 50.5 Å². The Bertz CT molecular complexity index is 1120. The number of piperazine rings is 1. The highest BCUT2D eigenvalue weighted by Gasteiger charge is 2.38. The molecule has 2 aliphatic heterocycles. The number of amides is 1. The largest absolute Gasteiger partial charge is 0.476 e. The van der Waals surface area contributed by atoms with Crippen molar-refractivity contribution in [2.45, 2.75) is 13.0 Å². The zero-order valence-corrected chi connectivity index (χ0v) is 19.5. The molecule has 0 unspecified atom stereocenters. The number of rotatable bonds is 3. The van der Waals surface area contributed by atoms with Crippen LogP contribution in [-0.4, -0.2) is 64.3 Å². The number of ether oxygens (including phenoxy) is 1. The van der Waals surface area contributed by atoms with Gasteiger partial charge in [-0.3, -0.25) is 9.10 Å². The summed E-state index contributed by atoms with van der Waals surface area (Å²) in [6, 6.07) is 10.5. The van der Waals surface area contributed by atoms with E-state index in [0.717, 1.165) is 17.5 Å². The molecule has 0 saturated carbocycles. The first kappa shape index (κ1) is 22.0. The van der Waals surface area contributed by atoms with E-state index in [2.05, 4.69) is 4.90 Å². The van der Waals surface area contributed by atoms with Gasteiger partial charge in [0.1, 0.15) is 5.75 Å². The predicted molar refractivity (Wildman–Crippen MR) is 123 cm³/mol. The van der Waals surface area contributed by atoms with E-state index in [-0.39, 0.29) is 12.5 Å². The number of hydrogen-bond donors (Lipinski definition) is 0. The van der Waals surface area contributed by atoms with Crippen LogP contribution >= 0.6 is 23.2 Å². The number of carbonyl (C=O) groups is 1. The summed E-state index contributed by atoms with van der Waals surface area (Å²) in [6.07, 6.45) is 0.194. The van der Waals surface area contributed by atoms with Crippen LogP contribution in [0.2, 0.25) is 10.0 Å². The second kappa shape index (κ2) is 8.41. The van der Waals surface area contributed by atoms with Crippen molar-refractivity contribution in [3.05, 3.63) is 52.0 Å². The molecule has 0 radical (unpaired) electrons. The topological polar surface area (TPSA) is 70.2 Å². The van der Waals surface area contributed by atoms with Gasteiger partial charge in [0.15, 0.2) is 6.10 Å². The Hall–Kier alpha value is -2.16. The van der Waals surface area contributed by atoms with E-state index in [9.17, 15) is 13.2 Å². The van der Waals surface area contributed by atoms with Crippen LogP contribution in [-0.2, 0) is 14.8 Å². The second-order valence-electron chi connectivity index (χ2n) is 7.76. The molecular formula is C21H23Cl2N3O4S. The van der Waals surface area contributed by atoms with E-state index in [1.807, 2.05) is 25.1 Å². The first-order valence-electron chi connectivity index (χ1n) is 9.87. The predicted octanol–water partition coefficient (Wildman–Crippen LogP) is 3.18. The highest BCUT2D eigenvalue weighted by molar-refractivity contribution is 7.92. The summed E-state index contributed by atoms with van der Waals surface area (Å²) in [4.78, 5) is 17.1. The van der Waals surface area contributed by atoms with E-state index in [4.69, 9.17) is 27.9 Å². The van der Waals surface area contributed by atoms with Crippen molar-refractivity contribution in [2.24, 2.45) is 0 Å². The summed E-state index contributed by atoms with van der Waals surface area (Å²) in [5.74, 6) is 0.101. The van der Waals surface area contributed by atoms with E-state index < -0.39 is 16.1 Å². The van der Waals surface area contributed by atoms with Crippen LogP contribution in [0, 0.1) is 6.92 Å². The number of halogens is 2. The molecular weight excluding hydrogens is 461 g/mol. The molecule has 0 aromatic heterocycles. The van der Waals surface area contributed by atoms with Crippen LogP contribution in [0.15, 0.2) is 36.4 Å². The van der Waals surface area contributed by atoms with Gasteiger partial charge < -0.3 is 14.5 Å². The molecule has 1 amide bonds. The summed E-state index contributed by atoms with van der Waals surface area (Å²) in [5.41, 5.74) is 2.53. The fourth-order valence-electron chi connectivity index (χ4n) is 3.96. The van der Waals surface area contributed by atoms with Crippen molar-refractivity contribution in [3.63, 3.8) is 0 Å². The minimum Gasteiger partial charge on any atom is -0.476 e. The van der Waals surface area contributed by atoms with Crippen LogP contribution in [0.25, 0.3) is 0 Å². The fourth-order valence-corrected chi connectivity index (χ4v) is 5.20. The first-order chi connectivity index (χ1) is 14.6.